The minimum Gasteiger partial charge on any atom is -0.497 e. The quantitative estimate of drug-likeness (QED) is 0.691. The van der Waals surface area contributed by atoms with Crippen molar-refractivity contribution in [2.75, 3.05) is 20.3 Å². The fourth-order valence-corrected chi connectivity index (χ4v) is 3.54. The van der Waals surface area contributed by atoms with Crippen LogP contribution >= 0.6 is 0 Å². The molecule has 0 bridgehead atoms. The third-order valence-electron chi connectivity index (χ3n) is 5.39. The molecule has 0 aliphatic carbocycles. The number of benzene rings is 3. The van der Waals surface area contributed by atoms with Gasteiger partial charge in [-0.1, -0.05) is 30.3 Å². The summed E-state index contributed by atoms with van der Waals surface area (Å²) in [5.41, 5.74) is 1.97. The summed E-state index contributed by atoms with van der Waals surface area (Å²) in [6.45, 7) is 5.01. The van der Waals surface area contributed by atoms with Crippen molar-refractivity contribution < 1.29 is 19.0 Å². The summed E-state index contributed by atoms with van der Waals surface area (Å²) in [6.07, 6.45) is 0. The smallest absolute Gasteiger partial charge is 0.227 e. The van der Waals surface area contributed by atoms with Gasteiger partial charge in [-0.25, -0.2) is 0 Å². The van der Waals surface area contributed by atoms with Crippen LogP contribution in [0.4, 0.5) is 0 Å². The van der Waals surface area contributed by atoms with Crippen LogP contribution in [0.2, 0.25) is 0 Å². The number of carbonyl (C=O) groups excluding carboxylic acids is 1. The lowest BCUT2D eigenvalue weighted by Crippen LogP contribution is -2.30. The second-order valence-corrected chi connectivity index (χ2v) is 7.33. The average molecular weight is 391 g/mol. The normalized spacial score (nSPS) is 14.9. The number of carbonyl (C=O) groups is 1. The van der Waals surface area contributed by atoms with Crippen LogP contribution in [0.25, 0.3) is 10.8 Å². The number of ether oxygens (including phenoxy) is 3. The molecule has 150 valence electrons. The third-order valence-corrected chi connectivity index (χ3v) is 5.39. The van der Waals surface area contributed by atoms with Crippen molar-refractivity contribution in [2.24, 2.45) is 0 Å². The first kappa shape index (κ1) is 19.1. The van der Waals surface area contributed by atoms with E-state index in [0.29, 0.717) is 13.2 Å². The summed E-state index contributed by atoms with van der Waals surface area (Å²) in [7, 11) is 1.66. The van der Waals surface area contributed by atoms with Crippen LogP contribution in [0.15, 0.2) is 54.6 Å². The van der Waals surface area contributed by atoms with Crippen LogP contribution in [0.1, 0.15) is 36.9 Å². The molecule has 1 amide bonds. The highest BCUT2D eigenvalue weighted by molar-refractivity contribution is 5.88. The Morgan fingerprint density at radius 3 is 2.38 bits per heavy atom. The van der Waals surface area contributed by atoms with E-state index in [1.54, 1.807) is 7.11 Å². The lowest BCUT2D eigenvalue weighted by atomic mass is 9.96. The Morgan fingerprint density at radius 2 is 1.59 bits per heavy atom. The van der Waals surface area contributed by atoms with Crippen molar-refractivity contribution in [1.82, 2.24) is 5.32 Å². The van der Waals surface area contributed by atoms with Crippen molar-refractivity contribution in [1.29, 1.82) is 0 Å². The zero-order valence-corrected chi connectivity index (χ0v) is 16.9. The van der Waals surface area contributed by atoms with Gasteiger partial charge < -0.3 is 19.5 Å². The van der Waals surface area contributed by atoms with Gasteiger partial charge in [0.15, 0.2) is 11.5 Å². The molecule has 4 rings (SSSR count). The summed E-state index contributed by atoms with van der Waals surface area (Å²) in [6, 6.07) is 17.7. The van der Waals surface area contributed by atoms with Crippen LogP contribution in [0.5, 0.6) is 17.2 Å². The minimum absolute atomic E-state index is 0.0137. The molecule has 2 atom stereocenters. The molecule has 0 saturated heterocycles. The van der Waals surface area contributed by atoms with Gasteiger partial charge in [0, 0.05) is 0 Å². The molecule has 0 aromatic heterocycles. The first-order valence-corrected chi connectivity index (χ1v) is 9.83. The van der Waals surface area contributed by atoms with Gasteiger partial charge in [0.2, 0.25) is 5.91 Å². The van der Waals surface area contributed by atoms with E-state index in [0.717, 1.165) is 39.1 Å². The van der Waals surface area contributed by atoms with Gasteiger partial charge in [-0.15, -0.1) is 0 Å². The molecule has 5 nitrogen and oxygen atoms in total. The van der Waals surface area contributed by atoms with Gasteiger partial charge in [-0.3, -0.25) is 4.79 Å². The number of nitrogens with one attached hydrogen (secondary N) is 1. The highest BCUT2D eigenvalue weighted by Crippen LogP contribution is 2.33. The number of hydrogen-bond acceptors (Lipinski definition) is 4. The highest BCUT2D eigenvalue weighted by atomic mass is 16.6. The molecule has 1 aliphatic rings. The number of fused-ring (bicyclic) bond motifs is 2. The zero-order chi connectivity index (χ0) is 20.4. The topological polar surface area (TPSA) is 56.8 Å². The van der Waals surface area contributed by atoms with Crippen molar-refractivity contribution in [2.45, 2.75) is 25.8 Å². The third kappa shape index (κ3) is 3.99. The van der Waals surface area contributed by atoms with Gasteiger partial charge in [-0.05, 0) is 60.0 Å². The first-order chi connectivity index (χ1) is 14.0. The summed E-state index contributed by atoms with van der Waals surface area (Å²) < 4.78 is 16.5. The van der Waals surface area contributed by atoms with Crippen molar-refractivity contribution in [3.8, 4) is 17.2 Å². The maximum Gasteiger partial charge on any atom is 0.227 e. The number of hydrogen-bond donors (Lipinski definition) is 1. The van der Waals surface area contributed by atoms with E-state index in [9.17, 15) is 4.79 Å². The fourth-order valence-electron chi connectivity index (χ4n) is 3.54. The second kappa shape index (κ2) is 8.03. The number of methoxy groups -OCH3 is 1. The molecule has 1 heterocycles. The summed E-state index contributed by atoms with van der Waals surface area (Å²) in [4.78, 5) is 12.9. The standard InChI is InChI=1S/C24H25NO4/c1-15(17-4-5-20-13-21(27-3)8-6-19(20)12-17)24(26)25-16(2)18-7-9-22-23(14-18)29-11-10-28-22/h4-9,12-16H,10-11H2,1-3H3,(H,25,26). The predicted octanol–water partition coefficient (Wildman–Crippen LogP) is 4.60. The van der Waals surface area contributed by atoms with E-state index in [2.05, 4.69) is 11.4 Å². The largest absolute Gasteiger partial charge is 0.497 e. The Bertz CT molecular complexity index is 1050. The number of rotatable bonds is 5. The molecule has 0 spiro atoms. The van der Waals surface area contributed by atoms with E-state index in [1.807, 2.05) is 62.4 Å². The van der Waals surface area contributed by atoms with E-state index in [1.165, 1.54) is 0 Å². The number of amides is 1. The lowest BCUT2D eigenvalue weighted by molar-refractivity contribution is -0.122. The molecule has 2 unspecified atom stereocenters. The molecule has 1 aliphatic heterocycles. The molecular formula is C24H25NO4. The lowest BCUT2D eigenvalue weighted by Gasteiger charge is -2.22. The SMILES string of the molecule is COc1ccc2cc(C(C)C(=O)NC(C)c3ccc4c(c3)OCCO4)ccc2c1. The Morgan fingerprint density at radius 1 is 0.897 bits per heavy atom. The van der Waals surface area contributed by atoms with E-state index >= 15 is 0 Å². The minimum atomic E-state index is -0.263. The first-order valence-electron chi connectivity index (χ1n) is 9.83. The average Bonchev–Trinajstić information content (AvgIpc) is 2.77. The van der Waals surface area contributed by atoms with Crippen LogP contribution in [0, 0.1) is 0 Å². The van der Waals surface area contributed by atoms with Gasteiger partial charge in [0.1, 0.15) is 19.0 Å². The van der Waals surface area contributed by atoms with E-state index in [4.69, 9.17) is 14.2 Å². The van der Waals surface area contributed by atoms with Gasteiger partial charge >= 0.3 is 0 Å². The monoisotopic (exact) mass is 391 g/mol. The molecule has 3 aromatic carbocycles. The Balaban J connectivity index is 1.48. The van der Waals surface area contributed by atoms with Crippen LogP contribution < -0.4 is 19.5 Å². The predicted molar refractivity (Wildman–Crippen MR) is 113 cm³/mol. The van der Waals surface area contributed by atoms with Crippen LogP contribution in [-0.2, 0) is 4.79 Å². The molecule has 0 saturated carbocycles. The van der Waals surface area contributed by atoms with Crippen molar-refractivity contribution in [3.63, 3.8) is 0 Å². The van der Waals surface area contributed by atoms with Gasteiger partial charge in [-0.2, -0.15) is 0 Å². The maximum absolute atomic E-state index is 12.9. The van der Waals surface area contributed by atoms with E-state index in [-0.39, 0.29) is 17.9 Å². The molecule has 3 aromatic rings. The van der Waals surface area contributed by atoms with Crippen molar-refractivity contribution in [3.05, 3.63) is 65.7 Å². The van der Waals surface area contributed by atoms with Crippen LogP contribution in [-0.4, -0.2) is 26.2 Å². The molecule has 1 N–H and O–H groups in total. The summed E-state index contributed by atoms with van der Waals surface area (Å²) in [5.74, 6) is 2.03. The van der Waals surface area contributed by atoms with E-state index < -0.39 is 0 Å². The fraction of sp³-hybridized carbons (Fsp3) is 0.292. The second-order valence-electron chi connectivity index (χ2n) is 7.33. The zero-order valence-electron chi connectivity index (χ0n) is 16.9. The Hall–Kier alpha value is -3.21. The molecule has 0 radical (unpaired) electrons. The molecular weight excluding hydrogens is 366 g/mol. The molecule has 0 fully saturated rings. The molecule has 29 heavy (non-hydrogen) atoms. The summed E-state index contributed by atoms with van der Waals surface area (Å²) >= 11 is 0. The maximum atomic E-state index is 12.9. The van der Waals surface area contributed by atoms with Crippen LogP contribution in [0.3, 0.4) is 0 Å². The summed E-state index contributed by atoms with van der Waals surface area (Å²) in [5, 5.41) is 5.29. The Labute approximate surface area is 170 Å². The Kier molecular flexibility index (Phi) is 5.30. The van der Waals surface area contributed by atoms with Gasteiger partial charge in [0.05, 0.1) is 19.1 Å². The van der Waals surface area contributed by atoms with Gasteiger partial charge in [0.25, 0.3) is 0 Å². The highest BCUT2D eigenvalue weighted by Gasteiger charge is 2.20. The van der Waals surface area contributed by atoms with Crippen molar-refractivity contribution >= 4 is 16.7 Å². The molecule has 5 heteroatoms.